The van der Waals surface area contributed by atoms with Gasteiger partial charge in [-0.25, -0.2) is 9.97 Å². The molecule has 1 saturated heterocycles. The average molecular weight is 315 g/mol. The molecule has 1 atom stereocenters. The van der Waals surface area contributed by atoms with Crippen LogP contribution in [0.4, 0.5) is 0 Å². The number of aromatic nitrogens is 4. The lowest BCUT2D eigenvalue weighted by Crippen LogP contribution is -2.27. The van der Waals surface area contributed by atoms with Gasteiger partial charge in [0.05, 0.1) is 6.20 Å². The molecule has 1 aliphatic heterocycles. The summed E-state index contributed by atoms with van der Waals surface area (Å²) in [5.41, 5.74) is 1.90. The van der Waals surface area contributed by atoms with Gasteiger partial charge in [0.1, 0.15) is 12.6 Å². The number of nitrogens with one attached hydrogen (secondary N) is 1. The highest BCUT2D eigenvalue weighted by molar-refractivity contribution is 5.75. The summed E-state index contributed by atoms with van der Waals surface area (Å²) < 4.78 is 7.28. The van der Waals surface area contributed by atoms with Gasteiger partial charge in [0.15, 0.2) is 5.82 Å². The second kappa shape index (κ2) is 7.32. The van der Waals surface area contributed by atoms with Gasteiger partial charge in [-0.1, -0.05) is 0 Å². The number of amides is 1. The predicted octanol–water partition coefficient (Wildman–Crippen LogP) is 1.54. The summed E-state index contributed by atoms with van der Waals surface area (Å²) in [4.78, 5) is 20.6. The molecule has 1 fully saturated rings. The second-order valence-electron chi connectivity index (χ2n) is 5.80. The van der Waals surface area contributed by atoms with Crippen molar-refractivity contribution in [1.29, 1.82) is 0 Å². The minimum Gasteiger partial charge on any atom is -0.370 e. The second-order valence-corrected chi connectivity index (χ2v) is 5.80. The van der Waals surface area contributed by atoms with Gasteiger partial charge in [-0.2, -0.15) is 5.10 Å². The maximum absolute atomic E-state index is 11.9. The highest BCUT2D eigenvalue weighted by atomic mass is 16.5. The van der Waals surface area contributed by atoms with Crippen LogP contribution in [0.15, 0.2) is 24.8 Å². The summed E-state index contributed by atoms with van der Waals surface area (Å²) >= 11 is 0. The van der Waals surface area contributed by atoms with Crippen molar-refractivity contribution in [3.8, 4) is 0 Å². The molecule has 122 valence electrons. The van der Waals surface area contributed by atoms with Gasteiger partial charge in [-0.15, -0.1) is 0 Å². The quantitative estimate of drug-likeness (QED) is 0.905. The number of ether oxygens (including phenoxy) is 1. The molecule has 3 rings (SSSR count). The van der Waals surface area contributed by atoms with Crippen LogP contribution in [0.3, 0.4) is 0 Å². The van der Waals surface area contributed by atoms with Crippen LogP contribution in [0.2, 0.25) is 0 Å². The lowest BCUT2D eigenvalue weighted by Gasteiger charge is -2.21. The van der Waals surface area contributed by atoms with Crippen molar-refractivity contribution >= 4 is 5.91 Å². The smallest absolute Gasteiger partial charge is 0.241 e. The first-order valence-electron chi connectivity index (χ1n) is 7.89. The Kier molecular flexibility index (Phi) is 4.97. The third-order valence-corrected chi connectivity index (χ3v) is 3.75. The number of rotatable bonds is 5. The molecule has 1 N–H and O–H groups in total. The van der Waals surface area contributed by atoms with E-state index in [1.807, 2.05) is 13.1 Å². The zero-order valence-electron chi connectivity index (χ0n) is 13.2. The van der Waals surface area contributed by atoms with E-state index in [1.54, 1.807) is 23.3 Å². The molecule has 23 heavy (non-hydrogen) atoms. The van der Waals surface area contributed by atoms with E-state index in [1.165, 1.54) is 0 Å². The third kappa shape index (κ3) is 4.35. The number of carbonyl (C=O) groups excluding carboxylic acids is 1. The Morgan fingerprint density at radius 2 is 2.17 bits per heavy atom. The van der Waals surface area contributed by atoms with Gasteiger partial charge in [0, 0.05) is 37.3 Å². The van der Waals surface area contributed by atoms with E-state index in [9.17, 15) is 4.79 Å². The maximum atomic E-state index is 11.9. The normalized spacial score (nSPS) is 17.9. The Morgan fingerprint density at radius 1 is 1.35 bits per heavy atom. The van der Waals surface area contributed by atoms with E-state index in [0.29, 0.717) is 6.54 Å². The predicted molar refractivity (Wildman–Crippen MR) is 83.4 cm³/mol. The molecule has 7 heteroatoms. The lowest BCUT2D eigenvalue weighted by molar-refractivity contribution is -0.122. The summed E-state index contributed by atoms with van der Waals surface area (Å²) in [6.45, 7) is 3.34. The average Bonchev–Trinajstić information content (AvgIpc) is 2.99. The van der Waals surface area contributed by atoms with Crippen LogP contribution in [0.25, 0.3) is 0 Å². The van der Waals surface area contributed by atoms with Crippen molar-refractivity contribution < 1.29 is 9.53 Å². The van der Waals surface area contributed by atoms with Crippen LogP contribution < -0.4 is 5.32 Å². The molecule has 1 aliphatic rings. The molecule has 2 aromatic rings. The fraction of sp³-hybridized carbons (Fsp3) is 0.500. The van der Waals surface area contributed by atoms with Gasteiger partial charge in [-0.05, 0) is 31.7 Å². The number of aryl methyl sites for hydroxylation is 1. The van der Waals surface area contributed by atoms with Gasteiger partial charge >= 0.3 is 0 Å². The van der Waals surface area contributed by atoms with Crippen molar-refractivity contribution in [3.05, 3.63) is 41.7 Å². The van der Waals surface area contributed by atoms with E-state index in [2.05, 4.69) is 20.4 Å². The number of nitrogens with zero attached hydrogens (tertiary/aromatic N) is 4. The molecular weight excluding hydrogens is 294 g/mol. The highest BCUT2D eigenvalue weighted by Crippen LogP contribution is 2.24. The first-order chi connectivity index (χ1) is 11.2. The first kappa shape index (κ1) is 15.6. The molecule has 0 bridgehead atoms. The molecule has 0 spiro atoms. The van der Waals surface area contributed by atoms with Crippen molar-refractivity contribution in [2.75, 3.05) is 6.61 Å². The molecule has 2 aromatic heterocycles. The van der Waals surface area contributed by atoms with Crippen LogP contribution >= 0.6 is 0 Å². The van der Waals surface area contributed by atoms with Crippen LogP contribution in [-0.4, -0.2) is 32.3 Å². The number of carbonyl (C=O) groups is 1. The van der Waals surface area contributed by atoms with E-state index < -0.39 is 0 Å². The van der Waals surface area contributed by atoms with E-state index in [-0.39, 0.29) is 18.6 Å². The molecule has 0 aliphatic carbocycles. The van der Waals surface area contributed by atoms with E-state index >= 15 is 0 Å². The Balaban J connectivity index is 1.49. The van der Waals surface area contributed by atoms with E-state index in [4.69, 9.17) is 4.74 Å². The van der Waals surface area contributed by atoms with Crippen molar-refractivity contribution in [1.82, 2.24) is 25.1 Å². The highest BCUT2D eigenvalue weighted by Gasteiger charge is 2.18. The maximum Gasteiger partial charge on any atom is 0.241 e. The fourth-order valence-electron chi connectivity index (χ4n) is 2.52. The monoisotopic (exact) mass is 315 g/mol. The van der Waals surface area contributed by atoms with Crippen LogP contribution in [0.5, 0.6) is 0 Å². The zero-order valence-corrected chi connectivity index (χ0v) is 13.2. The molecular formula is C16H21N5O2. The number of hydrogen-bond donors (Lipinski definition) is 1. The van der Waals surface area contributed by atoms with Gasteiger partial charge in [0.25, 0.3) is 0 Å². The third-order valence-electron chi connectivity index (χ3n) is 3.75. The number of hydrogen-bond acceptors (Lipinski definition) is 5. The summed E-state index contributed by atoms with van der Waals surface area (Å²) in [5.74, 6) is 0.639. The zero-order chi connectivity index (χ0) is 16.1. The van der Waals surface area contributed by atoms with Crippen LogP contribution in [0.1, 0.15) is 42.3 Å². The van der Waals surface area contributed by atoms with Gasteiger partial charge < -0.3 is 10.1 Å². The Labute approximate surface area is 135 Å². The standard InChI is InChI=1S/C16H21N5O2/c1-12-6-20-21(10-12)11-15(22)17-7-13-8-18-16(19-9-13)14-4-2-3-5-23-14/h6,8-10,14H,2-5,7,11H2,1H3,(H,17,22)/t14-/m1/s1. The Bertz CT molecular complexity index is 647. The minimum atomic E-state index is -0.0900. The molecule has 3 heterocycles. The summed E-state index contributed by atoms with van der Waals surface area (Å²) in [6.07, 6.45) is 10.3. The summed E-state index contributed by atoms with van der Waals surface area (Å²) in [7, 11) is 0. The first-order valence-corrected chi connectivity index (χ1v) is 7.89. The molecule has 7 nitrogen and oxygen atoms in total. The van der Waals surface area contributed by atoms with Gasteiger partial charge in [-0.3, -0.25) is 9.48 Å². The largest absolute Gasteiger partial charge is 0.370 e. The molecule has 0 saturated carbocycles. The molecule has 0 unspecified atom stereocenters. The van der Waals surface area contributed by atoms with Crippen LogP contribution in [0, 0.1) is 6.92 Å². The van der Waals surface area contributed by atoms with Crippen molar-refractivity contribution in [3.63, 3.8) is 0 Å². The van der Waals surface area contributed by atoms with Crippen LogP contribution in [-0.2, 0) is 22.6 Å². The summed E-state index contributed by atoms with van der Waals surface area (Å²) in [5, 5.41) is 6.94. The molecule has 0 radical (unpaired) electrons. The topological polar surface area (TPSA) is 81.9 Å². The van der Waals surface area contributed by atoms with Crippen molar-refractivity contribution in [2.45, 2.75) is 45.4 Å². The van der Waals surface area contributed by atoms with Crippen molar-refractivity contribution in [2.24, 2.45) is 0 Å². The Hall–Kier alpha value is -2.28. The lowest BCUT2D eigenvalue weighted by atomic mass is 10.1. The molecule has 0 aromatic carbocycles. The SMILES string of the molecule is Cc1cnn(CC(=O)NCc2cnc([C@H]3CCCCO3)nc2)c1. The Morgan fingerprint density at radius 3 is 2.83 bits per heavy atom. The molecule has 1 amide bonds. The van der Waals surface area contributed by atoms with E-state index in [0.717, 1.165) is 42.8 Å². The fourth-order valence-corrected chi connectivity index (χ4v) is 2.52. The van der Waals surface area contributed by atoms with Gasteiger partial charge in [0.2, 0.25) is 5.91 Å². The summed E-state index contributed by atoms with van der Waals surface area (Å²) in [6, 6.07) is 0. The minimum absolute atomic E-state index is 0.00967.